The van der Waals surface area contributed by atoms with Crippen molar-refractivity contribution in [1.29, 1.82) is 0 Å². The monoisotopic (exact) mass is 459 g/mol. The number of ketones is 1. The summed E-state index contributed by atoms with van der Waals surface area (Å²) in [6, 6.07) is 15.2. The molecule has 1 spiro atoms. The third-order valence-corrected chi connectivity index (χ3v) is 7.08. The van der Waals surface area contributed by atoms with E-state index >= 15 is 0 Å². The molecule has 3 amide bonds. The number of nitrogens with one attached hydrogen (secondary N) is 1. The first-order valence-corrected chi connectivity index (χ1v) is 11.5. The molecule has 34 heavy (non-hydrogen) atoms. The Bertz CT molecular complexity index is 1310. The van der Waals surface area contributed by atoms with Gasteiger partial charge in [-0.05, 0) is 68.0 Å². The molecular weight excluding hydrogens is 433 g/mol. The minimum atomic E-state index is -1.09. The lowest BCUT2D eigenvalue weighted by Crippen LogP contribution is -2.46. The molecule has 0 saturated carbocycles. The van der Waals surface area contributed by atoms with Crippen LogP contribution in [0.4, 0.5) is 9.18 Å². The van der Waals surface area contributed by atoms with Gasteiger partial charge in [0, 0.05) is 23.5 Å². The van der Waals surface area contributed by atoms with Crippen molar-refractivity contribution in [3.05, 3.63) is 94.1 Å². The number of amides is 3. The van der Waals surface area contributed by atoms with E-state index in [1.54, 1.807) is 18.2 Å². The van der Waals surface area contributed by atoms with E-state index in [0.717, 1.165) is 45.8 Å². The lowest BCUT2D eigenvalue weighted by molar-refractivity contribution is -0.131. The number of carbonyl (C=O) groups is 3. The Balaban J connectivity index is 1.39. The summed E-state index contributed by atoms with van der Waals surface area (Å²) in [4.78, 5) is 40.7. The maximum atomic E-state index is 13.5. The van der Waals surface area contributed by atoms with E-state index in [1.165, 1.54) is 12.1 Å². The fourth-order valence-corrected chi connectivity index (χ4v) is 5.28. The number of benzene rings is 2. The van der Waals surface area contributed by atoms with Crippen LogP contribution in [-0.4, -0.2) is 33.7 Å². The molecule has 1 aromatic heterocycles. The predicted molar refractivity (Wildman–Crippen MR) is 125 cm³/mol. The number of carbonyl (C=O) groups excluding carboxylic acids is 3. The second kappa shape index (κ2) is 8.24. The molecule has 1 fully saturated rings. The second-order valence-corrected chi connectivity index (χ2v) is 9.16. The van der Waals surface area contributed by atoms with Crippen molar-refractivity contribution in [2.45, 2.75) is 45.2 Å². The Labute approximate surface area is 197 Å². The number of fused-ring (bicyclic) bond motifs is 2. The van der Waals surface area contributed by atoms with Crippen LogP contribution in [0.25, 0.3) is 0 Å². The Morgan fingerprint density at radius 2 is 1.82 bits per heavy atom. The molecule has 1 atom stereocenters. The smallest absolute Gasteiger partial charge is 0.325 e. The van der Waals surface area contributed by atoms with Crippen molar-refractivity contribution in [1.82, 2.24) is 14.8 Å². The standard InChI is InChI=1S/C27H26FN3O3/c1-17-14-22(18(2)30(17)15-19-9-11-21(28)12-10-19)24(32)16-31-25(33)27(29-26(31)34)13-5-7-20-6-3-4-8-23(20)27/h3-4,6,8-12,14H,5,7,13,15-16H2,1-2H3,(H,29,34)/t27-/m1/s1. The Morgan fingerprint density at radius 1 is 1.09 bits per heavy atom. The quantitative estimate of drug-likeness (QED) is 0.458. The largest absolute Gasteiger partial charge is 0.344 e. The molecule has 174 valence electrons. The zero-order valence-electron chi connectivity index (χ0n) is 19.2. The van der Waals surface area contributed by atoms with Gasteiger partial charge in [0.25, 0.3) is 5.91 Å². The van der Waals surface area contributed by atoms with E-state index in [9.17, 15) is 18.8 Å². The van der Waals surface area contributed by atoms with E-state index < -0.39 is 11.6 Å². The normalized spacial score (nSPS) is 19.4. The average molecular weight is 460 g/mol. The lowest BCUT2D eigenvalue weighted by Gasteiger charge is -2.33. The van der Waals surface area contributed by atoms with Crippen molar-refractivity contribution >= 4 is 17.7 Å². The lowest BCUT2D eigenvalue weighted by atomic mass is 9.76. The van der Waals surface area contributed by atoms with Crippen molar-refractivity contribution in [2.75, 3.05) is 6.54 Å². The third-order valence-electron chi connectivity index (χ3n) is 7.08. The Hall–Kier alpha value is -3.74. The Kier molecular flexibility index (Phi) is 5.35. The molecule has 2 aliphatic rings. The second-order valence-electron chi connectivity index (χ2n) is 9.16. The van der Waals surface area contributed by atoms with Gasteiger partial charge in [0.15, 0.2) is 5.78 Å². The first-order chi connectivity index (χ1) is 16.3. The zero-order chi connectivity index (χ0) is 24.0. The van der Waals surface area contributed by atoms with Gasteiger partial charge in [0.05, 0.1) is 6.54 Å². The van der Waals surface area contributed by atoms with Crippen LogP contribution in [0.5, 0.6) is 0 Å². The number of rotatable bonds is 5. The van der Waals surface area contributed by atoms with Gasteiger partial charge in [-0.3, -0.25) is 14.5 Å². The summed E-state index contributed by atoms with van der Waals surface area (Å²) in [6.45, 7) is 3.92. The summed E-state index contributed by atoms with van der Waals surface area (Å²) in [5, 5.41) is 2.90. The van der Waals surface area contributed by atoms with E-state index in [1.807, 2.05) is 42.7 Å². The van der Waals surface area contributed by atoms with E-state index in [2.05, 4.69) is 5.32 Å². The van der Waals surface area contributed by atoms with Gasteiger partial charge in [0.2, 0.25) is 0 Å². The molecule has 1 N–H and O–H groups in total. The number of imide groups is 1. The molecule has 2 heterocycles. The van der Waals surface area contributed by atoms with Crippen molar-refractivity contribution in [3.8, 4) is 0 Å². The van der Waals surface area contributed by atoms with Crippen LogP contribution in [0.3, 0.4) is 0 Å². The fraction of sp³-hybridized carbons (Fsp3) is 0.296. The summed E-state index contributed by atoms with van der Waals surface area (Å²) in [5.41, 5.74) is 3.80. The molecule has 1 aliphatic carbocycles. The average Bonchev–Trinajstić information content (AvgIpc) is 3.23. The zero-order valence-corrected chi connectivity index (χ0v) is 19.2. The van der Waals surface area contributed by atoms with Gasteiger partial charge in [-0.1, -0.05) is 36.4 Å². The van der Waals surface area contributed by atoms with E-state index in [4.69, 9.17) is 0 Å². The van der Waals surface area contributed by atoms with Crippen LogP contribution in [0.2, 0.25) is 0 Å². The third kappa shape index (κ3) is 3.52. The molecule has 1 saturated heterocycles. The maximum Gasteiger partial charge on any atom is 0.325 e. The topological polar surface area (TPSA) is 71.4 Å². The van der Waals surface area contributed by atoms with Gasteiger partial charge in [0.1, 0.15) is 11.4 Å². The number of hydrogen-bond donors (Lipinski definition) is 1. The van der Waals surface area contributed by atoms with Crippen molar-refractivity contribution in [2.24, 2.45) is 0 Å². The number of nitrogens with zero attached hydrogens (tertiary/aromatic N) is 2. The molecule has 0 unspecified atom stereocenters. The molecular formula is C27H26FN3O3. The van der Waals surface area contributed by atoms with Gasteiger partial charge in [-0.25, -0.2) is 9.18 Å². The first-order valence-electron chi connectivity index (χ1n) is 11.5. The summed E-state index contributed by atoms with van der Waals surface area (Å²) in [6.07, 6.45) is 2.17. The minimum Gasteiger partial charge on any atom is -0.344 e. The molecule has 0 radical (unpaired) electrons. The first kappa shape index (κ1) is 22.1. The molecule has 6 nitrogen and oxygen atoms in total. The molecule has 3 aromatic rings. The van der Waals surface area contributed by atoms with Gasteiger partial charge >= 0.3 is 6.03 Å². The molecule has 0 bridgehead atoms. The minimum absolute atomic E-state index is 0.289. The van der Waals surface area contributed by atoms with Gasteiger partial charge in [-0.15, -0.1) is 0 Å². The van der Waals surface area contributed by atoms with Crippen LogP contribution in [0.1, 0.15) is 51.3 Å². The Morgan fingerprint density at radius 3 is 2.59 bits per heavy atom. The predicted octanol–water partition coefficient (Wildman–Crippen LogP) is 4.26. The van der Waals surface area contributed by atoms with Gasteiger partial charge in [-0.2, -0.15) is 0 Å². The SMILES string of the molecule is Cc1cc(C(=O)CN2C(=O)N[C@@]3(CCCc4ccccc43)C2=O)c(C)n1Cc1ccc(F)cc1. The maximum absolute atomic E-state index is 13.5. The van der Waals surface area contributed by atoms with E-state index in [-0.39, 0.29) is 24.1 Å². The number of aromatic nitrogens is 1. The van der Waals surface area contributed by atoms with Crippen molar-refractivity contribution in [3.63, 3.8) is 0 Å². The van der Waals surface area contributed by atoms with Crippen LogP contribution >= 0.6 is 0 Å². The fourth-order valence-electron chi connectivity index (χ4n) is 5.28. The highest BCUT2D eigenvalue weighted by Gasteiger charge is 2.54. The molecule has 7 heteroatoms. The number of urea groups is 1. The van der Waals surface area contributed by atoms with E-state index in [0.29, 0.717) is 18.5 Å². The number of Topliss-reactive ketones (excluding diaryl/α,β-unsaturated/α-hetero) is 1. The highest BCUT2D eigenvalue weighted by atomic mass is 19.1. The summed E-state index contributed by atoms with van der Waals surface area (Å²) in [5.74, 6) is -0.950. The van der Waals surface area contributed by atoms with Crippen LogP contribution in [0, 0.1) is 19.7 Å². The summed E-state index contributed by atoms with van der Waals surface area (Å²) >= 11 is 0. The van der Waals surface area contributed by atoms with Gasteiger partial charge < -0.3 is 9.88 Å². The van der Waals surface area contributed by atoms with Crippen molar-refractivity contribution < 1.29 is 18.8 Å². The van der Waals surface area contributed by atoms with Crippen LogP contribution < -0.4 is 5.32 Å². The number of halogens is 1. The molecule has 2 aromatic carbocycles. The number of aryl methyl sites for hydroxylation is 2. The number of hydrogen-bond acceptors (Lipinski definition) is 3. The molecule has 5 rings (SSSR count). The van der Waals surface area contributed by atoms with Crippen LogP contribution in [0.15, 0.2) is 54.6 Å². The summed E-state index contributed by atoms with van der Waals surface area (Å²) in [7, 11) is 0. The molecule has 1 aliphatic heterocycles. The summed E-state index contributed by atoms with van der Waals surface area (Å²) < 4.78 is 15.2. The van der Waals surface area contributed by atoms with Crippen LogP contribution in [-0.2, 0) is 23.3 Å². The highest BCUT2D eigenvalue weighted by molar-refractivity contribution is 6.11. The highest BCUT2D eigenvalue weighted by Crippen LogP contribution is 2.40.